The Bertz CT molecular complexity index is 1190. The number of nitrogens with zero attached hydrogens (tertiary/aromatic N) is 2. The van der Waals surface area contributed by atoms with E-state index in [1.165, 1.54) is 0 Å². The van der Waals surface area contributed by atoms with Gasteiger partial charge in [-0.05, 0) is 55.4 Å². The third kappa shape index (κ3) is 5.10. The molecule has 4 rings (SSSR count). The highest BCUT2D eigenvalue weighted by Crippen LogP contribution is 2.41. The third-order valence-corrected chi connectivity index (χ3v) is 5.60. The Kier molecular flexibility index (Phi) is 5.95. The number of carbonyl (C=O) groups is 2. The molecule has 0 bridgehead atoms. The lowest BCUT2D eigenvalue weighted by atomic mass is 9.89. The average Bonchev–Trinajstić information content (AvgIpc) is 3.49. The molecule has 32 heavy (non-hydrogen) atoms. The Hall–Kier alpha value is -2.93. The van der Waals surface area contributed by atoms with E-state index in [4.69, 9.17) is 16.1 Å². The maximum atomic E-state index is 13.1. The van der Waals surface area contributed by atoms with Crippen LogP contribution in [0.15, 0.2) is 28.8 Å². The summed E-state index contributed by atoms with van der Waals surface area (Å²) in [5, 5.41) is 10.7. The number of hydrogen-bond acceptors (Lipinski definition) is 5. The van der Waals surface area contributed by atoms with Crippen LogP contribution < -0.4 is 10.6 Å². The van der Waals surface area contributed by atoms with E-state index in [1.807, 2.05) is 19.1 Å². The second kappa shape index (κ2) is 8.54. The number of carbonyl (C=O) groups excluding carboxylic acids is 2. The van der Waals surface area contributed by atoms with Gasteiger partial charge in [0.2, 0.25) is 5.91 Å². The quantitative estimate of drug-likeness (QED) is 0.545. The van der Waals surface area contributed by atoms with E-state index in [1.54, 1.807) is 12.1 Å². The molecule has 1 aliphatic carbocycles. The van der Waals surface area contributed by atoms with Gasteiger partial charge < -0.3 is 15.2 Å². The number of nitrogens with one attached hydrogen (secondary N) is 2. The minimum atomic E-state index is -0.364. The number of rotatable bonds is 6. The summed E-state index contributed by atoms with van der Waals surface area (Å²) in [4.78, 5) is 30.1. The molecular weight excluding hydrogens is 428 g/mol. The van der Waals surface area contributed by atoms with Crippen molar-refractivity contribution < 1.29 is 14.1 Å². The number of fused-ring (bicyclic) bond motifs is 1. The van der Waals surface area contributed by atoms with Crippen LogP contribution in [0.5, 0.6) is 0 Å². The minimum absolute atomic E-state index is 0.0418. The molecule has 7 nitrogen and oxygen atoms in total. The van der Waals surface area contributed by atoms with Gasteiger partial charge in [0, 0.05) is 11.6 Å². The van der Waals surface area contributed by atoms with E-state index in [-0.39, 0.29) is 23.8 Å². The molecule has 2 N–H and O–H groups in total. The fourth-order valence-corrected chi connectivity index (χ4v) is 3.87. The first-order chi connectivity index (χ1) is 15.1. The fourth-order valence-electron chi connectivity index (χ4n) is 3.59. The largest absolute Gasteiger partial charge is 0.343 e. The molecule has 1 aliphatic rings. The number of aryl methyl sites for hydroxylation is 1. The van der Waals surface area contributed by atoms with Gasteiger partial charge in [-0.25, -0.2) is 4.98 Å². The van der Waals surface area contributed by atoms with Crippen LogP contribution in [0, 0.1) is 12.3 Å². The Morgan fingerprint density at radius 3 is 2.62 bits per heavy atom. The van der Waals surface area contributed by atoms with Crippen LogP contribution >= 0.6 is 11.6 Å². The first kappa shape index (κ1) is 22.3. The van der Waals surface area contributed by atoms with Gasteiger partial charge in [-0.15, -0.1) is 0 Å². The molecule has 0 spiro atoms. The van der Waals surface area contributed by atoms with Gasteiger partial charge in [-0.2, -0.15) is 0 Å². The highest BCUT2D eigenvalue weighted by atomic mass is 35.5. The molecule has 1 fully saturated rings. The van der Waals surface area contributed by atoms with Crippen LogP contribution in [-0.4, -0.2) is 28.5 Å². The second-order valence-corrected chi connectivity index (χ2v) is 10.0. The maximum Gasteiger partial charge on any atom is 0.259 e. The summed E-state index contributed by atoms with van der Waals surface area (Å²) in [5.74, 6) is -0.381. The van der Waals surface area contributed by atoms with Crippen LogP contribution in [0.3, 0.4) is 0 Å². The normalized spacial score (nSPS) is 13.9. The summed E-state index contributed by atoms with van der Waals surface area (Å²) in [6, 6.07) is 7.18. The zero-order chi connectivity index (χ0) is 23.0. The molecule has 0 aliphatic heterocycles. The summed E-state index contributed by atoms with van der Waals surface area (Å²) in [6.45, 7) is 8.02. The molecule has 2 amide bonds. The number of pyridine rings is 1. The van der Waals surface area contributed by atoms with Gasteiger partial charge in [0.1, 0.15) is 0 Å². The Labute approximate surface area is 191 Å². The number of anilines is 1. The molecule has 0 unspecified atom stereocenters. The summed E-state index contributed by atoms with van der Waals surface area (Å²) < 4.78 is 5.50. The van der Waals surface area contributed by atoms with Gasteiger partial charge in [0.15, 0.2) is 0 Å². The van der Waals surface area contributed by atoms with Crippen LogP contribution in [0.1, 0.15) is 66.8 Å². The topological polar surface area (TPSA) is 97.1 Å². The van der Waals surface area contributed by atoms with Crippen molar-refractivity contribution in [2.45, 2.75) is 52.9 Å². The van der Waals surface area contributed by atoms with Crippen molar-refractivity contribution in [2.24, 2.45) is 5.41 Å². The monoisotopic (exact) mass is 454 g/mol. The van der Waals surface area contributed by atoms with Crippen LogP contribution in [0.4, 0.5) is 5.69 Å². The van der Waals surface area contributed by atoms with E-state index in [9.17, 15) is 9.59 Å². The molecule has 168 valence electrons. The van der Waals surface area contributed by atoms with Crippen molar-refractivity contribution in [3.05, 3.63) is 51.8 Å². The lowest BCUT2D eigenvalue weighted by Crippen LogP contribution is -2.33. The molecule has 1 aromatic carbocycles. The smallest absolute Gasteiger partial charge is 0.259 e. The van der Waals surface area contributed by atoms with Crippen molar-refractivity contribution in [1.29, 1.82) is 0 Å². The number of benzene rings is 1. The number of halogens is 1. The summed E-state index contributed by atoms with van der Waals surface area (Å²) >= 11 is 6.18. The molecule has 2 aromatic heterocycles. The fraction of sp³-hybridized carbons (Fsp3) is 0.417. The minimum Gasteiger partial charge on any atom is -0.343 e. The van der Waals surface area contributed by atoms with Crippen LogP contribution in [0.25, 0.3) is 11.1 Å². The van der Waals surface area contributed by atoms with Gasteiger partial charge in [0.05, 0.1) is 33.9 Å². The molecule has 0 saturated heterocycles. The molecule has 2 heterocycles. The lowest BCUT2D eigenvalue weighted by molar-refractivity contribution is -0.115. The first-order valence-corrected chi connectivity index (χ1v) is 11.1. The highest BCUT2D eigenvalue weighted by molar-refractivity contribution is 6.33. The van der Waals surface area contributed by atoms with E-state index >= 15 is 0 Å². The molecular formula is C24H27ClN4O3. The van der Waals surface area contributed by atoms with Crippen molar-refractivity contribution in [2.75, 3.05) is 11.9 Å². The molecule has 8 heteroatoms. The summed E-state index contributed by atoms with van der Waals surface area (Å²) in [7, 11) is 0. The van der Waals surface area contributed by atoms with Crippen molar-refractivity contribution in [1.82, 2.24) is 15.5 Å². The molecule has 1 saturated carbocycles. The van der Waals surface area contributed by atoms with E-state index in [0.717, 1.165) is 24.1 Å². The van der Waals surface area contributed by atoms with Gasteiger partial charge in [0.25, 0.3) is 11.6 Å². The first-order valence-electron chi connectivity index (χ1n) is 10.7. The Balaban J connectivity index is 1.55. The predicted molar refractivity (Wildman–Crippen MR) is 124 cm³/mol. The molecule has 3 aromatic rings. The summed E-state index contributed by atoms with van der Waals surface area (Å²) in [6.07, 6.45) is 2.72. The van der Waals surface area contributed by atoms with E-state index < -0.39 is 0 Å². The standard InChI is InChI=1S/C24H27ClN4O3/c1-13-5-8-17(16(25)9-13)27-20(30)12-26-22(31)15-10-18(14-6-7-14)28-23-21(15)19(29-32-23)11-24(2,3)4/h5,8-10,14H,6-7,11-12H2,1-4H3,(H,26,31)(H,27,30). The molecule has 0 atom stereocenters. The predicted octanol–water partition coefficient (Wildman–Crippen LogP) is 5.02. The highest BCUT2D eigenvalue weighted by Gasteiger charge is 2.30. The van der Waals surface area contributed by atoms with Gasteiger partial charge in [-0.1, -0.05) is 43.6 Å². The van der Waals surface area contributed by atoms with Crippen LogP contribution in [-0.2, 0) is 11.2 Å². The number of aromatic nitrogens is 2. The SMILES string of the molecule is Cc1ccc(NC(=O)CNC(=O)c2cc(C3CC3)nc3onc(CC(C)(C)C)c23)c(Cl)c1. The van der Waals surface area contributed by atoms with Gasteiger partial charge in [-0.3, -0.25) is 9.59 Å². The van der Waals surface area contributed by atoms with Crippen molar-refractivity contribution in [3.63, 3.8) is 0 Å². The zero-order valence-electron chi connectivity index (χ0n) is 18.7. The second-order valence-electron chi connectivity index (χ2n) is 9.63. The average molecular weight is 455 g/mol. The third-order valence-electron chi connectivity index (χ3n) is 5.28. The van der Waals surface area contributed by atoms with Crippen molar-refractivity contribution in [3.8, 4) is 0 Å². The zero-order valence-corrected chi connectivity index (χ0v) is 19.5. The van der Waals surface area contributed by atoms with Crippen molar-refractivity contribution >= 4 is 40.2 Å². The molecule has 0 radical (unpaired) electrons. The van der Waals surface area contributed by atoms with E-state index in [0.29, 0.717) is 45.4 Å². The Morgan fingerprint density at radius 2 is 1.97 bits per heavy atom. The number of amides is 2. The Morgan fingerprint density at radius 1 is 1.22 bits per heavy atom. The lowest BCUT2D eigenvalue weighted by Gasteiger charge is -2.16. The van der Waals surface area contributed by atoms with Crippen LogP contribution in [0.2, 0.25) is 5.02 Å². The summed E-state index contributed by atoms with van der Waals surface area (Å²) in [5.41, 5.74) is 3.80. The van der Waals surface area contributed by atoms with Gasteiger partial charge >= 0.3 is 0 Å². The number of hydrogen-bond donors (Lipinski definition) is 2. The van der Waals surface area contributed by atoms with E-state index in [2.05, 4.69) is 41.5 Å². The maximum absolute atomic E-state index is 13.1.